The summed E-state index contributed by atoms with van der Waals surface area (Å²) in [4.78, 5) is 36.2. The molecule has 1 N–H and O–H groups in total. The van der Waals surface area contributed by atoms with Crippen molar-refractivity contribution < 1.29 is 23.9 Å². The van der Waals surface area contributed by atoms with E-state index in [-0.39, 0.29) is 12.0 Å². The van der Waals surface area contributed by atoms with Crippen molar-refractivity contribution in [2.24, 2.45) is 11.3 Å². The third kappa shape index (κ3) is 3.36. The van der Waals surface area contributed by atoms with Gasteiger partial charge in [0, 0.05) is 23.3 Å². The van der Waals surface area contributed by atoms with E-state index in [0.29, 0.717) is 24.8 Å². The van der Waals surface area contributed by atoms with Crippen molar-refractivity contribution in [2.75, 3.05) is 0 Å². The highest BCUT2D eigenvalue weighted by Gasteiger charge is 2.63. The predicted octanol–water partition coefficient (Wildman–Crippen LogP) is 3.99. The zero-order valence-corrected chi connectivity index (χ0v) is 17.0. The van der Waals surface area contributed by atoms with Crippen LogP contribution in [0.5, 0.6) is 0 Å². The molecule has 0 spiro atoms. The fourth-order valence-corrected chi connectivity index (χ4v) is 4.77. The highest BCUT2D eigenvalue weighted by atomic mass is 35.6. The standard InChI is InChI=1S/C18H20Cl3NO5/c1-9-5-4-6-16(3)8-12-11(10(2)13(23)26-12)7-17(9,16)27-15(25)22-14(24)18(19,20)21/h11-12H,1-2,4-8H2,3H3,(H,22,24,25)/t11-,12-,16-,17-/m1/s1. The predicted molar refractivity (Wildman–Crippen MR) is 100 cm³/mol. The van der Waals surface area contributed by atoms with Crippen LogP contribution in [0.15, 0.2) is 24.3 Å². The van der Waals surface area contributed by atoms with Gasteiger partial charge in [0.1, 0.15) is 11.7 Å². The summed E-state index contributed by atoms with van der Waals surface area (Å²) in [5.74, 6) is -1.81. The number of rotatable bonds is 1. The number of amides is 2. The monoisotopic (exact) mass is 435 g/mol. The molecule has 148 valence electrons. The van der Waals surface area contributed by atoms with E-state index in [1.165, 1.54) is 0 Å². The molecule has 2 aliphatic carbocycles. The van der Waals surface area contributed by atoms with Gasteiger partial charge in [-0.15, -0.1) is 0 Å². The van der Waals surface area contributed by atoms with E-state index >= 15 is 0 Å². The second kappa shape index (κ2) is 6.68. The van der Waals surface area contributed by atoms with Crippen molar-refractivity contribution in [3.63, 3.8) is 0 Å². The molecule has 3 rings (SSSR count). The van der Waals surface area contributed by atoms with E-state index in [1.54, 1.807) is 0 Å². The molecule has 2 saturated carbocycles. The molecule has 2 amide bonds. The highest BCUT2D eigenvalue weighted by molar-refractivity contribution is 6.76. The number of hydrogen-bond acceptors (Lipinski definition) is 5. The Balaban J connectivity index is 1.91. The van der Waals surface area contributed by atoms with Gasteiger partial charge in [-0.3, -0.25) is 10.1 Å². The molecule has 0 aromatic rings. The van der Waals surface area contributed by atoms with Gasteiger partial charge in [-0.05, 0) is 31.3 Å². The van der Waals surface area contributed by atoms with E-state index in [0.717, 1.165) is 18.4 Å². The SMILES string of the molecule is C=C1C(=O)O[C@@H]2C[C@@]3(C)CCCC(=C)[C@]3(OC(=O)NC(=O)C(Cl)(Cl)Cl)C[C@H]12. The summed E-state index contributed by atoms with van der Waals surface area (Å²) in [5.41, 5.74) is -0.477. The lowest BCUT2D eigenvalue weighted by Gasteiger charge is -2.56. The number of fused-ring (bicyclic) bond motifs is 2. The van der Waals surface area contributed by atoms with Crippen LogP contribution in [0.1, 0.15) is 39.0 Å². The molecule has 4 atom stereocenters. The first-order chi connectivity index (χ1) is 12.4. The normalized spacial score (nSPS) is 35.8. The van der Waals surface area contributed by atoms with E-state index in [9.17, 15) is 14.4 Å². The molecule has 3 fully saturated rings. The molecule has 27 heavy (non-hydrogen) atoms. The first kappa shape index (κ1) is 20.5. The maximum absolute atomic E-state index is 12.5. The topological polar surface area (TPSA) is 81.7 Å². The Morgan fingerprint density at radius 1 is 1.30 bits per heavy atom. The quantitative estimate of drug-likeness (QED) is 0.291. The van der Waals surface area contributed by atoms with Crippen molar-refractivity contribution in [1.82, 2.24) is 5.32 Å². The molecular weight excluding hydrogens is 417 g/mol. The van der Waals surface area contributed by atoms with Gasteiger partial charge in [-0.2, -0.15) is 0 Å². The number of ether oxygens (including phenoxy) is 2. The number of carbonyl (C=O) groups is 3. The van der Waals surface area contributed by atoms with Crippen LogP contribution >= 0.6 is 34.8 Å². The van der Waals surface area contributed by atoms with Crippen LogP contribution in [0.3, 0.4) is 0 Å². The fourth-order valence-electron chi connectivity index (χ4n) is 4.63. The zero-order chi connectivity index (χ0) is 20.2. The summed E-state index contributed by atoms with van der Waals surface area (Å²) in [6, 6.07) is 0. The van der Waals surface area contributed by atoms with Gasteiger partial charge in [-0.1, -0.05) is 54.9 Å². The molecule has 1 saturated heterocycles. The molecular formula is C18H20Cl3NO5. The number of carbonyl (C=O) groups excluding carboxylic acids is 3. The van der Waals surface area contributed by atoms with Gasteiger partial charge in [0.2, 0.25) is 0 Å². The number of hydrogen-bond donors (Lipinski definition) is 1. The molecule has 0 aromatic heterocycles. The lowest BCUT2D eigenvalue weighted by atomic mass is 9.52. The van der Waals surface area contributed by atoms with Gasteiger partial charge < -0.3 is 9.47 Å². The molecule has 0 radical (unpaired) electrons. The smallest absolute Gasteiger partial charge is 0.414 e. The molecule has 1 heterocycles. The average Bonchev–Trinajstić information content (AvgIpc) is 2.79. The van der Waals surface area contributed by atoms with Crippen LogP contribution in [-0.4, -0.2) is 33.5 Å². The van der Waals surface area contributed by atoms with Crippen LogP contribution in [0.2, 0.25) is 0 Å². The van der Waals surface area contributed by atoms with Gasteiger partial charge >= 0.3 is 12.1 Å². The van der Waals surface area contributed by atoms with E-state index < -0.39 is 32.8 Å². The minimum Gasteiger partial charge on any atom is -0.458 e. The molecule has 0 aromatic carbocycles. The minimum absolute atomic E-state index is 0.280. The van der Waals surface area contributed by atoms with Crippen LogP contribution in [-0.2, 0) is 19.1 Å². The third-order valence-electron chi connectivity index (χ3n) is 6.07. The zero-order valence-electron chi connectivity index (χ0n) is 14.8. The maximum Gasteiger partial charge on any atom is 0.414 e. The van der Waals surface area contributed by atoms with Crippen LogP contribution < -0.4 is 5.32 Å². The summed E-state index contributed by atoms with van der Waals surface area (Å²) in [6.45, 7) is 9.94. The Morgan fingerprint density at radius 2 is 1.96 bits per heavy atom. The van der Waals surface area contributed by atoms with Crippen molar-refractivity contribution in [1.29, 1.82) is 0 Å². The molecule has 1 aliphatic heterocycles. The Morgan fingerprint density at radius 3 is 2.59 bits per heavy atom. The van der Waals surface area contributed by atoms with E-state index in [4.69, 9.17) is 44.3 Å². The number of alkyl halides is 3. The fraction of sp³-hybridized carbons (Fsp3) is 0.611. The number of halogens is 3. The average molecular weight is 437 g/mol. The van der Waals surface area contributed by atoms with Crippen LogP contribution in [0.4, 0.5) is 4.79 Å². The second-order valence-electron chi connectivity index (χ2n) is 7.67. The van der Waals surface area contributed by atoms with Crippen LogP contribution in [0, 0.1) is 11.3 Å². The summed E-state index contributed by atoms with van der Waals surface area (Å²) in [5, 5.41) is 1.95. The Kier molecular flexibility index (Phi) is 5.07. The van der Waals surface area contributed by atoms with Crippen molar-refractivity contribution in [3.8, 4) is 0 Å². The van der Waals surface area contributed by atoms with Gasteiger partial charge in [0.15, 0.2) is 0 Å². The summed E-state index contributed by atoms with van der Waals surface area (Å²) in [6.07, 6.45) is 1.80. The number of nitrogens with one attached hydrogen (secondary N) is 1. The highest BCUT2D eigenvalue weighted by Crippen LogP contribution is 2.60. The Hall–Kier alpha value is -1.24. The molecule has 6 nitrogen and oxygen atoms in total. The van der Waals surface area contributed by atoms with E-state index in [1.807, 2.05) is 12.2 Å². The number of alkyl carbamates (subject to hydrolysis) is 1. The van der Waals surface area contributed by atoms with Crippen LogP contribution in [0.25, 0.3) is 0 Å². The molecule has 9 heteroatoms. The number of imide groups is 1. The van der Waals surface area contributed by atoms with E-state index in [2.05, 4.69) is 13.2 Å². The molecule has 0 unspecified atom stereocenters. The Labute approximate surface area is 172 Å². The summed E-state index contributed by atoms with van der Waals surface area (Å²) < 4.78 is 8.97. The Bertz CT molecular complexity index is 746. The van der Waals surface area contributed by atoms with Gasteiger partial charge in [-0.25, -0.2) is 9.59 Å². The first-order valence-electron chi connectivity index (χ1n) is 8.59. The van der Waals surface area contributed by atoms with Crippen molar-refractivity contribution in [2.45, 2.75) is 54.5 Å². The minimum atomic E-state index is -2.29. The molecule has 3 aliphatic rings. The number of esters is 1. The van der Waals surface area contributed by atoms with Crippen molar-refractivity contribution >= 4 is 52.8 Å². The summed E-state index contributed by atoms with van der Waals surface area (Å²) in [7, 11) is 0. The lowest BCUT2D eigenvalue weighted by molar-refractivity contribution is -0.156. The maximum atomic E-state index is 12.5. The lowest BCUT2D eigenvalue weighted by Crippen LogP contribution is -2.60. The first-order valence-corrected chi connectivity index (χ1v) is 9.72. The van der Waals surface area contributed by atoms with Gasteiger partial charge in [0.25, 0.3) is 9.70 Å². The summed E-state index contributed by atoms with van der Waals surface area (Å²) >= 11 is 16.5. The second-order valence-corrected chi connectivity index (χ2v) is 9.95. The third-order valence-corrected chi connectivity index (χ3v) is 6.58. The van der Waals surface area contributed by atoms with Gasteiger partial charge in [0.05, 0.1) is 0 Å². The van der Waals surface area contributed by atoms with Crippen molar-refractivity contribution in [3.05, 3.63) is 24.3 Å². The molecule has 0 bridgehead atoms. The largest absolute Gasteiger partial charge is 0.458 e.